The fourth-order valence-electron chi connectivity index (χ4n) is 4.48. The maximum Gasteiger partial charge on any atom is 0.247 e. The van der Waals surface area contributed by atoms with Crippen molar-refractivity contribution in [3.8, 4) is 0 Å². The monoisotopic (exact) mass is 453 g/mol. The van der Waals surface area contributed by atoms with Crippen LogP contribution in [0.15, 0.2) is 48.0 Å². The molecule has 1 aliphatic carbocycles. The molecule has 0 aromatic heterocycles. The topological polar surface area (TPSA) is 55.8 Å². The van der Waals surface area contributed by atoms with Crippen molar-refractivity contribution in [3.63, 3.8) is 0 Å². The first kappa shape index (κ1) is 22.8. The van der Waals surface area contributed by atoms with E-state index in [1.165, 1.54) is 11.1 Å². The number of amides is 1. The molecule has 1 atom stereocenters. The molecule has 2 N–H and O–H groups in total. The molecule has 6 heteroatoms. The van der Waals surface area contributed by atoms with Gasteiger partial charge in [-0.05, 0) is 41.7 Å². The number of benzene rings is 2. The minimum Gasteiger partial charge on any atom is -0.391 e. The van der Waals surface area contributed by atoms with Gasteiger partial charge in [0.25, 0.3) is 0 Å². The normalized spacial score (nSPS) is 17.1. The van der Waals surface area contributed by atoms with E-state index in [0.717, 1.165) is 61.0 Å². The summed E-state index contributed by atoms with van der Waals surface area (Å²) in [6.07, 6.45) is 3.64. The zero-order chi connectivity index (χ0) is 22.5. The fraction of sp³-hybridized carbons (Fsp3) is 0.423. The Morgan fingerprint density at radius 3 is 2.66 bits per heavy atom. The van der Waals surface area contributed by atoms with Crippen molar-refractivity contribution in [2.45, 2.75) is 32.3 Å². The Morgan fingerprint density at radius 2 is 1.91 bits per heavy atom. The molecular formula is C26H32ClN3O2. The van der Waals surface area contributed by atoms with Crippen molar-refractivity contribution in [2.24, 2.45) is 0 Å². The molecule has 5 nitrogen and oxygen atoms in total. The molecule has 1 aliphatic heterocycles. The quantitative estimate of drug-likeness (QED) is 0.642. The summed E-state index contributed by atoms with van der Waals surface area (Å²) < 4.78 is 0. The van der Waals surface area contributed by atoms with Crippen LogP contribution in [-0.4, -0.2) is 61.3 Å². The highest BCUT2D eigenvalue weighted by Gasteiger charge is 2.21. The average Bonchev–Trinajstić information content (AvgIpc) is 3.26. The molecule has 1 amide bonds. The van der Waals surface area contributed by atoms with Gasteiger partial charge >= 0.3 is 0 Å². The summed E-state index contributed by atoms with van der Waals surface area (Å²) >= 11 is 6.59. The van der Waals surface area contributed by atoms with Crippen molar-refractivity contribution in [1.82, 2.24) is 10.2 Å². The van der Waals surface area contributed by atoms with E-state index in [0.29, 0.717) is 12.8 Å². The standard InChI is InChI=1S/C26H32ClN3O2/c1-2-19-8-5-9-24(25(19)27)30-14-12-29(13-15-30)11-10-23(31)18-28-26(32)22-16-20-6-3-4-7-21(20)17-22/h3-9,16,23,31H,2,10-15,17-18H2,1H3,(H,28,32). The predicted octanol–water partition coefficient (Wildman–Crippen LogP) is 3.53. The van der Waals surface area contributed by atoms with Crippen LogP contribution >= 0.6 is 11.6 Å². The number of hydrogen-bond acceptors (Lipinski definition) is 4. The summed E-state index contributed by atoms with van der Waals surface area (Å²) in [6.45, 7) is 6.96. The molecule has 2 aromatic carbocycles. The number of carbonyl (C=O) groups excluding carboxylic acids is 1. The Labute approximate surface area is 195 Å². The van der Waals surface area contributed by atoms with Crippen molar-refractivity contribution in [2.75, 3.05) is 44.2 Å². The molecule has 1 saturated heterocycles. The molecule has 0 saturated carbocycles. The molecule has 1 heterocycles. The largest absolute Gasteiger partial charge is 0.391 e. The van der Waals surface area contributed by atoms with Gasteiger partial charge in [0.1, 0.15) is 0 Å². The van der Waals surface area contributed by atoms with E-state index in [2.05, 4.69) is 46.3 Å². The zero-order valence-corrected chi connectivity index (χ0v) is 19.4. The second-order valence-electron chi connectivity index (χ2n) is 8.63. The first-order valence-corrected chi connectivity index (χ1v) is 11.9. The van der Waals surface area contributed by atoms with Crippen LogP contribution in [0.25, 0.3) is 6.08 Å². The number of aliphatic hydroxyl groups excluding tert-OH is 1. The summed E-state index contributed by atoms with van der Waals surface area (Å²) in [5.41, 5.74) is 5.37. The van der Waals surface area contributed by atoms with Crippen LogP contribution in [-0.2, 0) is 17.6 Å². The van der Waals surface area contributed by atoms with Gasteiger partial charge in [-0.3, -0.25) is 9.69 Å². The number of nitrogens with one attached hydrogen (secondary N) is 1. The van der Waals surface area contributed by atoms with Crippen LogP contribution in [0.5, 0.6) is 0 Å². The molecule has 2 aliphatic rings. The van der Waals surface area contributed by atoms with Crippen LogP contribution in [0.3, 0.4) is 0 Å². The van der Waals surface area contributed by atoms with E-state index in [1.54, 1.807) is 0 Å². The number of nitrogens with zero attached hydrogens (tertiary/aromatic N) is 2. The summed E-state index contributed by atoms with van der Waals surface area (Å²) in [7, 11) is 0. The highest BCUT2D eigenvalue weighted by atomic mass is 35.5. The minimum atomic E-state index is -0.544. The van der Waals surface area contributed by atoms with Crippen LogP contribution in [0, 0.1) is 0 Å². The van der Waals surface area contributed by atoms with Crippen molar-refractivity contribution in [1.29, 1.82) is 0 Å². The summed E-state index contributed by atoms with van der Waals surface area (Å²) in [6, 6.07) is 14.3. The lowest BCUT2D eigenvalue weighted by Crippen LogP contribution is -2.47. The molecule has 0 spiro atoms. The maximum absolute atomic E-state index is 12.5. The third-order valence-electron chi connectivity index (χ3n) is 6.49. The van der Waals surface area contributed by atoms with Crippen LogP contribution in [0.2, 0.25) is 5.02 Å². The van der Waals surface area contributed by atoms with Crippen LogP contribution < -0.4 is 10.2 Å². The third-order valence-corrected chi connectivity index (χ3v) is 6.92. The summed E-state index contributed by atoms with van der Waals surface area (Å²) in [4.78, 5) is 17.2. The number of aliphatic hydroxyl groups is 1. The summed E-state index contributed by atoms with van der Waals surface area (Å²) in [5.74, 6) is -0.0833. The number of rotatable bonds is 8. The van der Waals surface area contributed by atoms with Gasteiger partial charge in [0, 0.05) is 51.3 Å². The SMILES string of the molecule is CCc1cccc(N2CCN(CCC(O)CNC(=O)C3=Cc4ccccc4C3)CC2)c1Cl. The number of halogens is 1. The van der Waals surface area contributed by atoms with Crippen molar-refractivity contribution >= 4 is 29.3 Å². The predicted molar refractivity (Wildman–Crippen MR) is 131 cm³/mol. The van der Waals surface area contributed by atoms with Gasteiger partial charge < -0.3 is 15.3 Å². The fourth-order valence-corrected chi connectivity index (χ4v) is 4.86. The number of carbonyl (C=O) groups is 1. The van der Waals surface area contributed by atoms with Crippen molar-refractivity contribution in [3.05, 3.63) is 69.8 Å². The van der Waals surface area contributed by atoms with Gasteiger partial charge in [0.15, 0.2) is 0 Å². The number of anilines is 1. The highest BCUT2D eigenvalue weighted by Crippen LogP contribution is 2.30. The number of piperazine rings is 1. The molecule has 1 fully saturated rings. The number of aryl methyl sites for hydroxylation is 1. The van der Waals surface area contributed by atoms with Gasteiger partial charge in [0.2, 0.25) is 5.91 Å². The second kappa shape index (κ2) is 10.5. The minimum absolute atomic E-state index is 0.0833. The Balaban J connectivity index is 1.17. The third kappa shape index (κ3) is 5.34. The van der Waals surface area contributed by atoms with Gasteiger partial charge in [-0.1, -0.05) is 54.9 Å². The second-order valence-corrected chi connectivity index (χ2v) is 9.01. The van der Waals surface area contributed by atoms with Gasteiger partial charge in [0.05, 0.1) is 16.8 Å². The summed E-state index contributed by atoms with van der Waals surface area (Å²) in [5, 5.41) is 14.1. The highest BCUT2D eigenvalue weighted by molar-refractivity contribution is 6.34. The van der Waals surface area contributed by atoms with E-state index < -0.39 is 6.10 Å². The maximum atomic E-state index is 12.5. The Kier molecular flexibility index (Phi) is 7.51. The average molecular weight is 454 g/mol. The number of hydrogen-bond donors (Lipinski definition) is 2. The molecule has 2 aromatic rings. The van der Waals surface area contributed by atoms with Gasteiger partial charge in [-0.15, -0.1) is 0 Å². The van der Waals surface area contributed by atoms with Crippen LogP contribution in [0.1, 0.15) is 30.0 Å². The Bertz CT molecular complexity index is 983. The Morgan fingerprint density at radius 1 is 1.12 bits per heavy atom. The first-order valence-electron chi connectivity index (χ1n) is 11.5. The van der Waals surface area contributed by atoms with E-state index in [1.807, 2.05) is 24.3 Å². The zero-order valence-electron chi connectivity index (χ0n) is 18.7. The Hall–Kier alpha value is -2.34. The smallest absolute Gasteiger partial charge is 0.247 e. The van der Waals surface area contributed by atoms with Crippen LogP contribution in [0.4, 0.5) is 5.69 Å². The molecule has 4 rings (SSSR count). The lowest BCUT2D eigenvalue weighted by Gasteiger charge is -2.37. The number of fused-ring (bicyclic) bond motifs is 1. The van der Waals surface area contributed by atoms with E-state index in [9.17, 15) is 9.90 Å². The lowest BCUT2D eigenvalue weighted by molar-refractivity contribution is -0.118. The first-order chi connectivity index (χ1) is 15.5. The molecule has 0 radical (unpaired) electrons. The molecule has 170 valence electrons. The molecule has 0 bridgehead atoms. The van der Waals surface area contributed by atoms with Gasteiger partial charge in [-0.2, -0.15) is 0 Å². The van der Waals surface area contributed by atoms with Crippen molar-refractivity contribution < 1.29 is 9.90 Å². The molecule has 32 heavy (non-hydrogen) atoms. The molecule has 1 unspecified atom stereocenters. The van der Waals surface area contributed by atoms with E-state index >= 15 is 0 Å². The van der Waals surface area contributed by atoms with E-state index in [4.69, 9.17) is 11.6 Å². The lowest BCUT2D eigenvalue weighted by atomic mass is 10.1. The van der Waals surface area contributed by atoms with E-state index in [-0.39, 0.29) is 12.5 Å². The molecular weight excluding hydrogens is 422 g/mol. The van der Waals surface area contributed by atoms with Gasteiger partial charge in [-0.25, -0.2) is 0 Å².